The molecule has 2 unspecified atom stereocenters. The molecule has 2 aliphatic carbocycles. The van der Waals surface area contributed by atoms with Crippen molar-refractivity contribution in [1.82, 2.24) is 0 Å². The van der Waals surface area contributed by atoms with Crippen LogP contribution >= 0.6 is 0 Å². The highest BCUT2D eigenvalue weighted by Gasteiger charge is 2.39. The highest BCUT2D eigenvalue weighted by molar-refractivity contribution is 5.66. The second-order valence-electron chi connectivity index (χ2n) is 4.82. The van der Waals surface area contributed by atoms with Gasteiger partial charge in [0.25, 0.3) is 0 Å². The molecule has 1 fully saturated rings. The average molecular weight is 238 g/mol. The van der Waals surface area contributed by atoms with Crippen LogP contribution in [-0.2, 0) is 19.1 Å². The zero-order chi connectivity index (χ0) is 12.4. The topological polar surface area (TPSA) is 52.6 Å². The van der Waals surface area contributed by atoms with E-state index in [1.807, 2.05) is 0 Å². The Labute approximate surface area is 101 Å². The quantitative estimate of drug-likeness (QED) is 0.554. The van der Waals surface area contributed by atoms with Crippen molar-refractivity contribution < 1.29 is 19.1 Å². The lowest BCUT2D eigenvalue weighted by atomic mass is 9.92. The summed E-state index contributed by atoms with van der Waals surface area (Å²) >= 11 is 0. The van der Waals surface area contributed by atoms with Crippen LogP contribution in [-0.4, -0.2) is 25.2 Å². The fourth-order valence-corrected chi connectivity index (χ4v) is 2.92. The van der Waals surface area contributed by atoms with Gasteiger partial charge in [0, 0.05) is 13.8 Å². The largest absolute Gasteiger partial charge is 0.461 e. The van der Waals surface area contributed by atoms with Crippen molar-refractivity contribution in [3.8, 4) is 0 Å². The predicted molar refractivity (Wildman–Crippen MR) is 61.1 cm³/mol. The van der Waals surface area contributed by atoms with Crippen molar-refractivity contribution in [3.05, 3.63) is 11.1 Å². The molecular weight excluding hydrogens is 220 g/mol. The number of hydrogen-bond acceptors (Lipinski definition) is 4. The second-order valence-corrected chi connectivity index (χ2v) is 4.82. The fraction of sp³-hybridized carbons (Fsp3) is 0.692. The maximum Gasteiger partial charge on any atom is 0.302 e. The maximum atomic E-state index is 10.8. The van der Waals surface area contributed by atoms with Crippen molar-refractivity contribution in [2.75, 3.05) is 13.2 Å². The van der Waals surface area contributed by atoms with E-state index in [-0.39, 0.29) is 11.9 Å². The van der Waals surface area contributed by atoms with Gasteiger partial charge >= 0.3 is 11.9 Å². The molecule has 0 aromatic heterocycles. The molecular formula is C13H18O4. The summed E-state index contributed by atoms with van der Waals surface area (Å²) in [4.78, 5) is 21.7. The van der Waals surface area contributed by atoms with E-state index < -0.39 is 0 Å². The standard InChI is InChI=1S/C13H18O4/c1-8(14)16-6-12-10-3-4-11(5-10)13(12)7-17-9(2)15/h10-11H,3-7H2,1-2H3. The first kappa shape index (κ1) is 12.1. The van der Waals surface area contributed by atoms with Crippen LogP contribution in [0.1, 0.15) is 33.1 Å². The van der Waals surface area contributed by atoms with Gasteiger partial charge in [-0.15, -0.1) is 0 Å². The van der Waals surface area contributed by atoms with Gasteiger partial charge in [-0.1, -0.05) is 0 Å². The highest BCUT2D eigenvalue weighted by atomic mass is 16.5. The van der Waals surface area contributed by atoms with Gasteiger partial charge in [-0.25, -0.2) is 0 Å². The number of ether oxygens (including phenoxy) is 2. The van der Waals surface area contributed by atoms with Crippen molar-refractivity contribution in [3.63, 3.8) is 0 Å². The maximum absolute atomic E-state index is 10.8. The molecule has 2 atom stereocenters. The first-order valence-corrected chi connectivity index (χ1v) is 6.06. The van der Waals surface area contributed by atoms with Crippen LogP contribution in [0.25, 0.3) is 0 Å². The van der Waals surface area contributed by atoms with Gasteiger partial charge in [0.05, 0.1) is 0 Å². The Morgan fingerprint density at radius 2 is 1.41 bits per heavy atom. The lowest BCUT2D eigenvalue weighted by molar-refractivity contribution is -0.141. The first-order chi connectivity index (χ1) is 8.08. The number of rotatable bonds is 4. The average Bonchev–Trinajstić information content (AvgIpc) is 2.83. The van der Waals surface area contributed by atoms with E-state index in [2.05, 4.69) is 0 Å². The summed E-state index contributed by atoms with van der Waals surface area (Å²) in [5, 5.41) is 0. The van der Waals surface area contributed by atoms with E-state index in [4.69, 9.17) is 9.47 Å². The molecule has 0 radical (unpaired) electrons. The number of fused-ring (bicyclic) bond motifs is 2. The highest BCUT2D eigenvalue weighted by Crippen LogP contribution is 2.48. The van der Waals surface area contributed by atoms with Crippen LogP contribution in [0.3, 0.4) is 0 Å². The molecule has 0 heterocycles. The minimum atomic E-state index is -0.257. The van der Waals surface area contributed by atoms with Crippen molar-refractivity contribution >= 4 is 11.9 Å². The van der Waals surface area contributed by atoms with Crippen LogP contribution < -0.4 is 0 Å². The second kappa shape index (κ2) is 4.90. The summed E-state index contributed by atoms with van der Waals surface area (Å²) in [6, 6.07) is 0. The van der Waals surface area contributed by atoms with Crippen LogP contribution in [0.4, 0.5) is 0 Å². The van der Waals surface area contributed by atoms with Crippen molar-refractivity contribution in [2.45, 2.75) is 33.1 Å². The van der Waals surface area contributed by atoms with E-state index in [1.54, 1.807) is 0 Å². The lowest BCUT2D eigenvalue weighted by Gasteiger charge is -2.19. The number of esters is 2. The summed E-state index contributed by atoms with van der Waals surface area (Å²) in [5.41, 5.74) is 2.38. The van der Waals surface area contributed by atoms with E-state index >= 15 is 0 Å². The molecule has 0 saturated heterocycles. The third-order valence-electron chi connectivity index (χ3n) is 3.69. The van der Waals surface area contributed by atoms with Gasteiger partial charge in [-0.05, 0) is 42.2 Å². The first-order valence-electron chi connectivity index (χ1n) is 6.06. The van der Waals surface area contributed by atoms with Gasteiger partial charge in [0.15, 0.2) is 0 Å². The number of carbonyl (C=O) groups excluding carboxylic acids is 2. The lowest BCUT2D eigenvalue weighted by Crippen LogP contribution is -2.15. The summed E-state index contributed by atoms with van der Waals surface area (Å²) < 4.78 is 10.2. The molecule has 0 amide bonds. The van der Waals surface area contributed by atoms with Gasteiger partial charge in [0.1, 0.15) is 13.2 Å². The molecule has 94 valence electrons. The molecule has 0 N–H and O–H groups in total. The van der Waals surface area contributed by atoms with Crippen LogP contribution in [0, 0.1) is 11.8 Å². The third-order valence-corrected chi connectivity index (χ3v) is 3.69. The molecule has 4 heteroatoms. The van der Waals surface area contributed by atoms with Crippen molar-refractivity contribution in [2.24, 2.45) is 11.8 Å². The molecule has 1 saturated carbocycles. The monoisotopic (exact) mass is 238 g/mol. The predicted octanol–water partition coefficient (Wildman–Crippen LogP) is 1.84. The van der Waals surface area contributed by atoms with Crippen LogP contribution in [0.5, 0.6) is 0 Å². The summed E-state index contributed by atoms with van der Waals surface area (Å²) in [7, 11) is 0. The molecule has 0 spiro atoms. The zero-order valence-corrected chi connectivity index (χ0v) is 10.3. The van der Waals surface area contributed by atoms with Gasteiger partial charge in [-0.3, -0.25) is 9.59 Å². The fourth-order valence-electron chi connectivity index (χ4n) is 2.92. The van der Waals surface area contributed by atoms with E-state index in [9.17, 15) is 9.59 Å². The SMILES string of the molecule is CC(=O)OCC1=C(COC(C)=O)C2CCC1C2. The minimum absolute atomic E-state index is 0.257. The number of carbonyl (C=O) groups is 2. The minimum Gasteiger partial charge on any atom is -0.461 e. The van der Waals surface area contributed by atoms with Crippen LogP contribution in [0.15, 0.2) is 11.1 Å². The smallest absolute Gasteiger partial charge is 0.302 e. The Kier molecular flexibility index (Phi) is 3.50. The van der Waals surface area contributed by atoms with E-state index in [0.29, 0.717) is 25.0 Å². The molecule has 0 aromatic rings. The Hall–Kier alpha value is -1.32. The molecule has 2 aliphatic rings. The van der Waals surface area contributed by atoms with Gasteiger partial charge in [0.2, 0.25) is 0 Å². The molecule has 0 aromatic carbocycles. The number of hydrogen-bond donors (Lipinski definition) is 0. The Morgan fingerprint density at radius 1 is 1.00 bits per heavy atom. The van der Waals surface area contributed by atoms with Crippen LogP contribution in [0.2, 0.25) is 0 Å². The zero-order valence-electron chi connectivity index (χ0n) is 10.3. The van der Waals surface area contributed by atoms with Gasteiger partial charge in [-0.2, -0.15) is 0 Å². The Balaban J connectivity index is 2.04. The molecule has 2 rings (SSSR count). The molecule has 2 bridgehead atoms. The van der Waals surface area contributed by atoms with Crippen molar-refractivity contribution in [1.29, 1.82) is 0 Å². The summed E-state index contributed by atoms with van der Waals surface area (Å²) in [6.07, 6.45) is 3.48. The van der Waals surface area contributed by atoms with E-state index in [0.717, 1.165) is 6.42 Å². The molecule has 17 heavy (non-hydrogen) atoms. The summed E-state index contributed by atoms with van der Waals surface area (Å²) in [5.74, 6) is 0.550. The molecule has 0 aliphatic heterocycles. The van der Waals surface area contributed by atoms with E-state index in [1.165, 1.54) is 37.8 Å². The molecule has 4 nitrogen and oxygen atoms in total. The summed E-state index contributed by atoms with van der Waals surface area (Å²) in [6.45, 7) is 3.57. The van der Waals surface area contributed by atoms with Gasteiger partial charge < -0.3 is 9.47 Å². The normalized spacial score (nSPS) is 26.2. The Bertz CT molecular complexity index is 336. The third kappa shape index (κ3) is 2.68. The Morgan fingerprint density at radius 3 is 1.76 bits per heavy atom.